The van der Waals surface area contributed by atoms with Crippen molar-refractivity contribution in [3.8, 4) is 0 Å². The van der Waals surface area contributed by atoms with Crippen LogP contribution in [0.25, 0.3) is 0 Å². The first-order chi connectivity index (χ1) is 9.69. The maximum Gasteiger partial charge on any atom is 0.306 e. The van der Waals surface area contributed by atoms with Crippen LogP contribution in [0.2, 0.25) is 0 Å². The molecule has 0 aromatic heterocycles. The number of esters is 1. The predicted octanol–water partition coefficient (Wildman–Crippen LogP) is 5.29. The summed E-state index contributed by atoms with van der Waals surface area (Å²) in [6.07, 6.45) is 0.571. The monoisotopic (exact) mass is 350 g/mol. The van der Waals surface area contributed by atoms with Gasteiger partial charge in [-0.2, -0.15) is 0 Å². The second kappa shape index (κ2) is 7.71. The zero-order valence-electron chi connectivity index (χ0n) is 12.5. The minimum Gasteiger partial charge on any atom is -0.466 e. The maximum absolute atomic E-state index is 11.7. The molecular weight excluding hydrogens is 331 g/mol. The van der Waals surface area contributed by atoms with E-state index >= 15 is 0 Å². The first kappa shape index (κ1) is 18.6. The van der Waals surface area contributed by atoms with Gasteiger partial charge in [0.25, 0.3) is 0 Å². The normalized spacial score (nSPS) is 13.8. The molecule has 0 fully saturated rings. The van der Waals surface area contributed by atoms with E-state index in [9.17, 15) is 4.79 Å². The smallest absolute Gasteiger partial charge is 0.306 e. The summed E-state index contributed by atoms with van der Waals surface area (Å²) in [7, 11) is 0. The molecule has 0 saturated carbocycles. The summed E-state index contributed by atoms with van der Waals surface area (Å²) >= 11 is 19.3. The molecule has 0 aliphatic rings. The molecule has 2 nitrogen and oxygen atoms in total. The van der Waals surface area contributed by atoms with Crippen LogP contribution in [0.15, 0.2) is 30.3 Å². The fraction of sp³-hybridized carbons (Fsp3) is 0.562. The molecule has 0 amide bonds. The van der Waals surface area contributed by atoms with Crippen molar-refractivity contribution in [3.05, 3.63) is 35.9 Å². The molecule has 0 N–H and O–H groups in total. The van der Waals surface area contributed by atoms with Gasteiger partial charge >= 0.3 is 5.97 Å². The number of benzene rings is 1. The van der Waals surface area contributed by atoms with Gasteiger partial charge in [0, 0.05) is 11.8 Å². The van der Waals surface area contributed by atoms with Gasteiger partial charge in [-0.15, -0.1) is 11.6 Å². The second-order valence-electron chi connectivity index (χ2n) is 5.71. The molecule has 1 unspecified atom stereocenters. The van der Waals surface area contributed by atoms with Gasteiger partial charge in [0.05, 0.1) is 13.0 Å². The summed E-state index contributed by atoms with van der Waals surface area (Å²) in [5.74, 6) is -0.261. The van der Waals surface area contributed by atoms with Gasteiger partial charge in [-0.3, -0.25) is 4.79 Å². The fourth-order valence-corrected chi connectivity index (χ4v) is 3.02. The van der Waals surface area contributed by atoms with E-state index in [1.165, 1.54) is 0 Å². The standard InChI is InChI=1S/C16H21Cl3O2/c1-4-21-14(20)11-15(2,3)13(17)10-16(18,19)12-8-6-5-7-9-12/h5-9,13H,4,10-11H2,1-3H3. The molecule has 118 valence electrons. The van der Waals surface area contributed by atoms with Crippen molar-refractivity contribution in [2.75, 3.05) is 6.61 Å². The van der Waals surface area contributed by atoms with E-state index in [0.29, 0.717) is 13.0 Å². The topological polar surface area (TPSA) is 26.3 Å². The van der Waals surface area contributed by atoms with Crippen LogP contribution in [0.1, 0.15) is 39.2 Å². The highest BCUT2D eigenvalue weighted by Gasteiger charge is 2.38. The van der Waals surface area contributed by atoms with Crippen molar-refractivity contribution in [1.82, 2.24) is 0 Å². The SMILES string of the molecule is CCOC(=O)CC(C)(C)C(Cl)CC(Cl)(Cl)c1ccccc1. The van der Waals surface area contributed by atoms with Crippen LogP contribution in [-0.2, 0) is 13.9 Å². The lowest BCUT2D eigenvalue weighted by Gasteiger charge is -2.33. The molecule has 0 heterocycles. The molecule has 1 aromatic rings. The van der Waals surface area contributed by atoms with Crippen molar-refractivity contribution in [1.29, 1.82) is 0 Å². The summed E-state index contributed by atoms with van der Waals surface area (Å²) < 4.78 is 3.90. The number of halogens is 3. The van der Waals surface area contributed by atoms with Gasteiger partial charge in [0.2, 0.25) is 0 Å². The fourth-order valence-electron chi connectivity index (χ4n) is 2.00. The average Bonchev–Trinajstić information content (AvgIpc) is 2.38. The first-order valence-electron chi connectivity index (χ1n) is 6.92. The molecule has 0 aliphatic carbocycles. The zero-order chi connectivity index (χ0) is 16.1. The summed E-state index contributed by atoms with van der Waals surface area (Å²) in [5, 5.41) is -0.364. The molecule has 1 rings (SSSR count). The summed E-state index contributed by atoms with van der Waals surface area (Å²) in [5.41, 5.74) is 0.336. The van der Waals surface area contributed by atoms with Crippen LogP contribution in [0.5, 0.6) is 0 Å². The molecule has 1 atom stereocenters. The summed E-state index contributed by atoms with van der Waals surface area (Å²) in [4.78, 5) is 11.7. The van der Waals surface area contributed by atoms with Gasteiger partial charge < -0.3 is 4.74 Å². The third-order valence-corrected chi connectivity index (χ3v) is 4.88. The highest BCUT2D eigenvalue weighted by molar-refractivity contribution is 6.48. The lowest BCUT2D eigenvalue weighted by Crippen LogP contribution is -2.32. The quantitative estimate of drug-likeness (QED) is 0.492. The number of hydrogen-bond donors (Lipinski definition) is 0. The summed E-state index contributed by atoms with van der Waals surface area (Å²) in [6, 6.07) is 9.38. The Bertz CT molecular complexity index is 458. The predicted molar refractivity (Wildman–Crippen MR) is 89.1 cm³/mol. The second-order valence-corrected chi connectivity index (χ2v) is 7.72. The Kier molecular flexibility index (Phi) is 6.83. The van der Waals surface area contributed by atoms with E-state index in [1.54, 1.807) is 6.92 Å². The zero-order valence-corrected chi connectivity index (χ0v) is 14.8. The van der Waals surface area contributed by atoms with Gasteiger partial charge in [-0.1, -0.05) is 67.4 Å². The van der Waals surface area contributed by atoms with Gasteiger partial charge in [-0.25, -0.2) is 0 Å². The highest BCUT2D eigenvalue weighted by atomic mass is 35.5. The largest absolute Gasteiger partial charge is 0.466 e. The maximum atomic E-state index is 11.7. The Morgan fingerprint density at radius 2 is 1.81 bits per heavy atom. The van der Waals surface area contributed by atoms with Crippen LogP contribution in [-0.4, -0.2) is 18.0 Å². The van der Waals surface area contributed by atoms with Crippen molar-refractivity contribution in [2.24, 2.45) is 5.41 Å². The number of carbonyl (C=O) groups excluding carboxylic acids is 1. The molecule has 0 bridgehead atoms. The molecule has 5 heteroatoms. The van der Waals surface area contributed by atoms with Crippen molar-refractivity contribution < 1.29 is 9.53 Å². The van der Waals surface area contributed by atoms with Crippen molar-refractivity contribution in [3.63, 3.8) is 0 Å². The molecule has 1 aromatic carbocycles. The van der Waals surface area contributed by atoms with E-state index in [2.05, 4.69) is 0 Å². The van der Waals surface area contributed by atoms with E-state index in [4.69, 9.17) is 39.5 Å². The average molecular weight is 352 g/mol. The van der Waals surface area contributed by atoms with E-state index in [-0.39, 0.29) is 17.8 Å². The molecule has 0 aliphatic heterocycles. The molecular formula is C16H21Cl3O2. The molecule has 0 radical (unpaired) electrons. The number of alkyl halides is 3. The van der Waals surface area contributed by atoms with Crippen LogP contribution >= 0.6 is 34.8 Å². The molecule has 0 spiro atoms. The molecule has 0 saturated heterocycles. The lowest BCUT2D eigenvalue weighted by atomic mass is 9.82. The highest BCUT2D eigenvalue weighted by Crippen LogP contribution is 2.44. The van der Waals surface area contributed by atoms with Crippen LogP contribution in [0.3, 0.4) is 0 Å². The Labute approximate surface area is 141 Å². The van der Waals surface area contributed by atoms with Gasteiger partial charge in [0.1, 0.15) is 4.33 Å². The Morgan fingerprint density at radius 3 is 2.33 bits per heavy atom. The van der Waals surface area contributed by atoms with Gasteiger partial charge in [-0.05, 0) is 17.9 Å². The third kappa shape index (κ3) is 5.69. The number of ether oxygens (including phenoxy) is 1. The lowest BCUT2D eigenvalue weighted by molar-refractivity contribution is -0.145. The van der Waals surface area contributed by atoms with Crippen LogP contribution in [0.4, 0.5) is 0 Å². The van der Waals surface area contributed by atoms with Gasteiger partial charge in [0.15, 0.2) is 0 Å². The summed E-state index contributed by atoms with van der Waals surface area (Å²) in [6.45, 7) is 5.97. The first-order valence-corrected chi connectivity index (χ1v) is 8.11. The Morgan fingerprint density at radius 1 is 1.24 bits per heavy atom. The van der Waals surface area contributed by atoms with Crippen molar-refractivity contribution in [2.45, 2.75) is 43.3 Å². The number of hydrogen-bond acceptors (Lipinski definition) is 2. The van der Waals surface area contributed by atoms with E-state index < -0.39 is 9.75 Å². The minimum atomic E-state index is -1.08. The molecule has 21 heavy (non-hydrogen) atoms. The van der Waals surface area contributed by atoms with Crippen LogP contribution in [0, 0.1) is 5.41 Å². The number of rotatable bonds is 7. The third-order valence-electron chi connectivity index (χ3n) is 3.38. The minimum absolute atomic E-state index is 0.230. The number of carbonyl (C=O) groups is 1. The Hall–Kier alpha value is -0.440. The van der Waals surface area contributed by atoms with Crippen LogP contribution < -0.4 is 0 Å². The van der Waals surface area contributed by atoms with E-state index in [1.807, 2.05) is 44.2 Å². The Balaban J connectivity index is 2.74. The van der Waals surface area contributed by atoms with Crippen molar-refractivity contribution >= 4 is 40.8 Å². The van der Waals surface area contributed by atoms with E-state index in [0.717, 1.165) is 5.56 Å².